The molecule has 0 aliphatic rings. The van der Waals surface area contributed by atoms with E-state index in [0.717, 1.165) is 22.2 Å². The van der Waals surface area contributed by atoms with Crippen LogP contribution in [0.1, 0.15) is 12.5 Å². The number of hydrogen-bond acceptors (Lipinski definition) is 3. The number of anilines is 1. The summed E-state index contributed by atoms with van der Waals surface area (Å²) in [7, 11) is -3.86. The number of carbonyl (C=O) groups is 1. The van der Waals surface area contributed by atoms with E-state index in [-0.39, 0.29) is 12.2 Å². The van der Waals surface area contributed by atoms with Crippen molar-refractivity contribution in [1.29, 1.82) is 0 Å². The molecule has 2 rings (SSSR count). The van der Waals surface area contributed by atoms with Gasteiger partial charge >= 0.3 is 0 Å². The first-order valence-electron chi connectivity index (χ1n) is 7.46. The van der Waals surface area contributed by atoms with E-state index in [1.807, 2.05) is 0 Å². The van der Waals surface area contributed by atoms with Crippen molar-refractivity contribution in [3.63, 3.8) is 0 Å². The lowest BCUT2D eigenvalue weighted by atomic mass is 10.2. The maximum Gasteiger partial charge on any atom is 0.243 e. The number of nitrogens with zero attached hydrogens (tertiary/aromatic N) is 1. The van der Waals surface area contributed by atoms with Crippen molar-refractivity contribution in [1.82, 2.24) is 5.32 Å². The van der Waals surface area contributed by atoms with Gasteiger partial charge in [-0.3, -0.25) is 9.10 Å². The smallest absolute Gasteiger partial charge is 0.243 e. The summed E-state index contributed by atoms with van der Waals surface area (Å²) in [5.41, 5.74) is 0.640. The van der Waals surface area contributed by atoms with Crippen molar-refractivity contribution < 1.29 is 17.6 Å². The van der Waals surface area contributed by atoms with Gasteiger partial charge < -0.3 is 5.32 Å². The molecule has 0 saturated heterocycles. The molecule has 0 bridgehead atoms. The first-order valence-corrected chi connectivity index (χ1v) is 9.69. The molecule has 0 saturated carbocycles. The summed E-state index contributed by atoms with van der Waals surface area (Å²) in [5.74, 6) is -1.26. The molecule has 1 N–H and O–H groups in total. The van der Waals surface area contributed by atoms with Crippen molar-refractivity contribution in [3.05, 3.63) is 64.9 Å². The summed E-state index contributed by atoms with van der Waals surface area (Å²) in [6, 6.07) is 11.2. The second kappa shape index (κ2) is 7.84. The summed E-state index contributed by atoms with van der Waals surface area (Å²) >= 11 is 5.80. The monoisotopic (exact) mass is 384 g/mol. The van der Waals surface area contributed by atoms with Crippen LogP contribution in [0.5, 0.6) is 0 Å². The molecule has 0 heterocycles. The highest BCUT2D eigenvalue weighted by Gasteiger charge is 2.30. The minimum Gasteiger partial charge on any atom is -0.350 e. The average molecular weight is 385 g/mol. The number of hydrogen-bond donors (Lipinski definition) is 1. The maximum absolute atomic E-state index is 14.0. The third kappa shape index (κ3) is 4.93. The minimum atomic E-state index is -3.86. The van der Waals surface area contributed by atoms with Gasteiger partial charge in [0.15, 0.2) is 0 Å². The minimum absolute atomic E-state index is 0.167. The normalized spacial score (nSPS) is 12.5. The Balaban J connectivity index is 2.19. The third-order valence-electron chi connectivity index (χ3n) is 3.56. The predicted molar refractivity (Wildman–Crippen MR) is 96.5 cm³/mol. The molecule has 134 valence electrons. The Labute approximate surface area is 151 Å². The number of halogens is 2. The van der Waals surface area contributed by atoms with E-state index >= 15 is 0 Å². The van der Waals surface area contributed by atoms with Crippen LogP contribution in [0.15, 0.2) is 48.5 Å². The standard InChI is InChI=1S/C17H18ClFN2O3S/c1-12(17(22)20-11-13-7-9-14(18)10-8-13)21(25(2,23)24)16-6-4-3-5-15(16)19/h3-10,12H,11H2,1-2H3,(H,20,22). The predicted octanol–water partition coefficient (Wildman–Crippen LogP) is 2.95. The van der Waals surface area contributed by atoms with Gasteiger partial charge in [-0.2, -0.15) is 0 Å². The Morgan fingerprint density at radius 2 is 1.80 bits per heavy atom. The van der Waals surface area contributed by atoms with E-state index < -0.39 is 27.8 Å². The molecule has 2 aromatic rings. The lowest BCUT2D eigenvalue weighted by Gasteiger charge is -2.28. The number of rotatable bonds is 6. The highest BCUT2D eigenvalue weighted by Crippen LogP contribution is 2.24. The highest BCUT2D eigenvalue weighted by atomic mass is 35.5. The summed E-state index contributed by atoms with van der Waals surface area (Å²) in [6.07, 6.45) is 0.933. The zero-order chi connectivity index (χ0) is 18.6. The largest absolute Gasteiger partial charge is 0.350 e. The van der Waals surface area contributed by atoms with Crippen LogP contribution in [0.25, 0.3) is 0 Å². The van der Waals surface area contributed by atoms with Crippen molar-refractivity contribution in [2.75, 3.05) is 10.6 Å². The van der Waals surface area contributed by atoms with E-state index in [9.17, 15) is 17.6 Å². The quantitative estimate of drug-likeness (QED) is 0.832. The molecule has 2 aromatic carbocycles. The van der Waals surface area contributed by atoms with Gasteiger partial charge in [0.25, 0.3) is 0 Å². The molecule has 25 heavy (non-hydrogen) atoms. The van der Waals surface area contributed by atoms with E-state index in [0.29, 0.717) is 5.02 Å². The van der Waals surface area contributed by atoms with Crippen LogP contribution in [0.4, 0.5) is 10.1 Å². The second-order valence-corrected chi connectivity index (χ2v) is 7.83. The van der Waals surface area contributed by atoms with E-state index in [1.54, 1.807) is 24.3 Å². The van der Waals surface area contributed by atoms with Crippen LogP contribution >= 0.6 is 11.6 Å². The Bertz CT molecular complexity index is 856. The van der Waals surface area contributed by atoms with Crippen molar-refractivity contribution in [2.45, 2.75) is 19.5 Å². The number of sulfonamides is 1. The summed E-state index contributed by atoms with van der Waals surface area (Å²) in [5, 5.41) is 3.22. The van der Waals surface area contributed by atoms with E-state index in [2.05, 4.69) is 5.32 Å². The van der Waals surface area contributed by atoms with Crippen LogP contribution in [0.2, 0.25) is 5.02 Å². The molecule has 5 nitrogen and oxygen atoms in total. The molecule has 8 heteroatoms. The number of amides is 1. The number of carbonyl (C=O) groups excluding carboxylic acids is 1. The molecule has 0 aliphatic carbocycles. The van der Waals surface area contributed by atoms with Crippen LogP contribution in [-0.2, 0) is 21.4 Å². The molecule has 0 spiro atoms. The second-order valence-electron chi connectivity index (χ2n) is 5.53. The Kier molecular flexibility index (Phi) is 6.02. The fraction of sp³-hybridized carbons (Fsp3) is 0.235. The zero-order valence-electron chi connectivity index (χ0n) is 13.7. The highest BCUT2D eigenvalue weighted by molar-refractivity contribution is 7.92. The van der Waals surface area contributed by atoms with Crippen LogP contribution in [0, 0.1) is 5.82 Å². The maximum atomic E-state index is 14.0. The van der Waals surface area contributed by atoms with Crippen LogP contribution in [-0.4, -0.2) is 26.6 Å². The number of para-hydroxylation sites is 1. The van der Waals surface area contributed by atoms with Crippen LogP contribution < -0.4 is 9.62 Å². The molecule has 1 unspecified atom stereocenters. The lowest BCUT2D eigenvalue weighted by molar-refractivity contribution is -0.122. The Hall–Kier alpha value is -2.12. The Morgan fingerprint density at radius 3 is 2.36 bits per heavy atom. The molecular weight excluding hydrogens is 367 g/mol. The fourth-order valence-electron chi connectivity index (χ4n) is 2.35. The topological polar surface area (TPSA) is 66.5 Å². The molecule has 0 aliphatic heterocycles. The number of nitrogens with one attached hydrogen (secondary N) is 1. The molecule has 1 atom stereocenters. The van der Waals surface area contributed by atoms with E-state index in [4.69, 9.17) is 11.6 Å². The van der Waals surface area contributed by atoms with Gasteiger partial charge in [0, 0.05) is 11.6 Å². The molecule has 1 amide bonds. The molecule has 0 fully saturated rings. The van der Waals surface area contributed by atoms with Crippen molar-refractivity contribution >= 4 is 33.2 Å². The summed E-state index contributed by atoms with van der Waals surface area (Å²) < 4.78 is 39.0. The SMILES string of the molecule is CC(C(=O)NCc1ccc(Cl)cc1)N(c1ccccc1F)S(C)(=O)=O. The van der Waals surface area contributed by atoms with Gasteiger partial charge in [0.05, 0.1) is 11.9 Å². The molecule has 0 radical (unpaired) electrons. The summed E-state index contributed by atoms with van der Waals surface area (Å²) in [4.78, 5) is 12.4. The fourth-order valence-corrected chi connectivity index (χ4v) is 3.65. The van der Waals surface area contributed by atoms with E-state index in [1.165, 1.54) is 25.1 Å². The van der Waals surface area contributed by atoms with Gasteiger partial charge in [-0.15, -0.1) is 0 Å². The molecule has 0 aromatic heterocycles. The van der Waals surface area contributed by atoms with Gasteiger partial charge in [0.2, 0.25) is 15.9 Å². The van der Waals surface area contributed by atoms with Crippen LogP contribution in [0.3, 0.4) is 0 Å². The van der Waals surface area contributed by atoms with Crippen molar-refractivity contribution in [3.8, 4) is 0 Å². The van der Waals surface area contributed by atoms with Gasteiger partial charge in [-0.1, -0.05) is 35.9 Å². The van der Waals surface area contributed by atoms with Gasteiger partial charge in [0.1, 0.15) is 11.9 Å². The number of benzene rings is 2. The lowest BCUT2D eigenvalue weighted by Crippen LogP contribution is -2.48. The van der Waals surface area contributed by atoms with Gasteiger partial charge in [-0.05, 0) is 36.8 Å². The van der Waals surface area contributed by atoms with Gasteiger partial charge in [-0.25, -0.2) is 12.8 Å². The average Bonchev–Trinajstić information content (AvgIpc) is 2.54. The summed E-state index contributed by atoms with van der Waals surface area (Å²) in [6.45, 7) is 1.61. The Morgan fingerprint density at radius 1 is 1.20 bits per heavy atom. The van der Waals surface area contributed by atoms with Crippen molar-refractivity contribution in [2.24, 2.45) is 0 Å². The first-order chi connectivity index (χ1) is 11.7. The zero-order valence-corrected chi connectivity index (χ0v) is 15.3. The molecular formula is C17H18ClFN2O3S. The first kappa shape index (κ1) is 19.2. The third-order valence-corrected chi connectivity index (χ3v) is 5.04.